The van der Waals surface area contributed by atoms with Crippen molar-refractivity contribution in [3.05, 3.63) is 107 Å². The van der Waals surface area contributed by atoms with E-state index in [0.717, 1.165) is 23.3 Å². The first-order valence-corrected chi connectivity index (χ1v) is 8.87. The van der Waals surface area contributed by atoms with E-state index in [-0.39, 0.29) is 12.5 Å². The van der Waals surface area contributed by atoms with E-state index < -0.39 is 17.7 Å². The van der Waals surface area contributed by atoms with Crippen LogP contribution in [-0.2, 0) is 17.5 Å². The topological polar surface area (TPSA) is 20.3 Å². The van der Waals surface area contributed by atoms with Crippen LogP contribution in [0, 0.1) is 0 Å². The molecule has 0 unspecified atom stereocenters. The number of likely N-dealkylation sites (N-methyl/N-ethyl adjacent to an activating group) is 1. The van der Waals surface area contributed by atoms with Gasteiger partial charge < -0.3 is 4.90 Å². The Balaban J connectivity index is 1.83. The van der Waals surface area contributed by atoms with Crippen molar-refractivity contribution in [2.75, 3.05) is 7.05 Å². The number of hydrogen-bond donors (Lipinski definition) is 0. The lowest BCUT2D eigenvalue weighted by Crippen LogP contribution is -2.32. The zero-order chi connectivity index (χ0) is 20.1. The van der Waals surface area contributed by atoms with Gasteiger partial charge in [-0.1, -0.05) is 72.8 Å². The Morgan fingerprint density at radius 2 is 1.29 bits per heavy atom. The third-order valence-electron chi connectivity index (χ3n) is 4.59. The van der Waals surface area contributed by atoms with Crippen molar-refractivity contribution in [2.45, 2.75) is 18.6 Å². The van der Waals surface area contributed by atoms with Crippen molar-refractivity contribution in [2.24, 2.45) is 0 Å². The minimum absolute atomic E-state index is 0.114. The molecule has 5 heteroatoms. The van der Waals surface area contributed by atoms with Gasteiger partial charge in [0.05, 0.1) is 11.5 Å². The second-order valence-electron chi connectivity index (χ2n) is 6.64. The minimum atomic E-state index is -4.37. The molecule has 0 N–H and O–H groups in total. The Hall–Kier alpha value is -3.08. The molecule has 2 nitrogen and oxygen atoms in total. The molecule has 3 aromatic rings. The highest BCUT2D eigenvalue weighted by atomic mass is 19.4. The van der Waals surface area contributed by atoms with E-state index in [9.17, 15) is 18.0 Å². The highest BCUT2D eigenvalue weighted by Gasteiger charge is 2.30. The van der Waals surface area contributed by atoms with Crippen LogP contribution < -0.4 is 0 Å². The molecule has 1 amide bonds. The lowest BCUT2D eigenvalue weighted by molar-refractivity contribution is -0.137. The molecule has 0 saturated carbocycles. The quantitative estimate of drug-likeness (QED) is 0.570. The monoisotopic (exact) mass is 383 g/mol. The largest absolute Gasteiger partial charge is 0.416 e. The first-order valence-electron chi connectivity index (χ1n) is 8.87. The second kappa shape index (κ2) is 8.30. The summed E-state index contributed by atoms with van der Waals surface area (Å²) < 4.78 is 38.2. The van der Waals surface area contributed by atoms with E-state index in [1.165, 1.54) is 12.1 Å². The van der Waals surface area contributed by atoms with Crippen LogP contribution in [0.15, 0.2) is 84.9 Å². The van der Waals surface area contributed by atoms with Crippen LogP contribution in [0.2, 0.25) is 0 Å². The SMILES string of the molecule is CN(Cc1ccc(C(F)(F)F)cc1)C(=O)C(c1ccccc1)c1ccccc1. The third-order valence-corrected chi connectivity index (χ3v) is 4.59. The standard InChI is InChI=1S/C23H20F3NO/c1-27(16-17-12-14-20(15-13-17)23(24,25)26)22(28)21(18-8-4-2-5-9-18)19-10-6-3-7-11-19/h2-15,21H,16H2,1H3. The van der Waals surface area contributed by atoms with Crippen LogP contribution in [0.25, 0.3) is 0 Å². The lowest BCUT2D eigenvalue weighted by Gasteiger charge is -2.25. The van der Waals surface area contributed by atoms with Crippen molar-refractivity contribution < 1.29 is 18.0 Å². The molecule has 144 valence electrons. The lowest BCUT2D eigenvalue weighted by atomic mass is 9.90. The first kappa shape index (κ1) is 19.7. The van der Waals surface area contributed by atoms with Gasteiger partial charge in [-0.2, -0.15) is 13.2 Å². The predicted octanol–water partition coefficient (Wildman–Crippen LogP) is 5.50. The summed E-state index contributed by atoms with van der Waals surface area (Å²) in [7, 11) is 1.67. The van der Waals surface area contributed by atoms with Gasteiger partial charge in [-0.25, -0.2) is 0 Å². The summed E-state index contributed by atoms with van der Waals surface area (Å²) in [5, 5.41) is 0. The summed E-state index contributed by atoms with van der Waals surface area (Å²) in [4.78, 5) is 14.8. The molecular weight excluding hydrogens is 363 g/mol. The van der Waals surface area contributed by atoms with Gasteiger partial charge in [0.2, 0.25) is 5.91 Å². The van der Waals surface area contributed by atoms with E-state index in [2.05, 4.69) is 0 Å². The van der Waals surface area contributed by atoms with Crippen LogP contribution in [-0.4, -0.2) is 17.9 Å². The van der Waals surface area contributed by atoms with Crippen molar-refractivity contribution in [3.63, 3.8) is 0 Å². The molecule has 0 atom stereocenters. The molecule has 28 heavy (non-hydrogen) atoms. The Bertz CT molecular complexity index is 867. The number of amides is 1. The highest BCUT2D eigenvalue weighted by Crippen LogP contribution is 2.30. The van der Waals surface area contributed by atoms with Crippen LogP contribution >= 0.6 is 0 Å². The molecule has 0 aliphatic heterocycles. The molecule has 0 aliphatic carbocycles. The van der Waals surface area contributed by atoms with Gasteiger partial charge in [-0.05, 0) is 28.8 Å². The molecule has 0 radical (unpaired) electrons. The molecule has 0 aromatic heterocycles. The zero-order valence-corrected chi connectivity index (χ0v) is 15.4. The maximum Gasteiger partial charge on any atom is 0.416 e. The summed E-state index contributed by atoms with van der Waals surface area (Å²) in [6.45, 7) is 0.229. The third kappa shape index (κ3) is 4.60. The number of alkyl halides is 3. The fourth-order valence-corrected chi connectivity index (χ4v) is 3.14. The van der Waals surface area contributed by atoms with Gasteiger partial charge in [0.25, 0.3) is 0 Å². The summed E-state index contributed by atoms with van der Waals surface area (Å²) in [6.07, 6.45) is -4.37. The van der Waals surface area contributed by atoms with Gasteiger partial charge in [-0.15, -0.1) is 0 Å². The summed E-state index contributed by atoms with van der Waals surface area (Å²) in [5.41, 5.74) is 1.69. The number of benzene rings is 3. The van der Waals surface area contributed by atoms with Crippen molar-refractivity contribution in [3.8, 4) is 0 Å². The Labute approximate surface area is 162 Å². The summed E-state index contributed by atoms with van der Waals surface area (Å²) in [5.74, 6) is -0.584. The molecule has 0 aliphatic rings. The van der Waals surface area contributed by atoms with E-state index in [1.807, 2.05) is 60.7 Å². The van der Waals surface area contributed by atoms with Crippen molar-refractivity contribution >= 4 is 5.91 Å². The van der Waals surface area contributed by atoms with E-state index in [0.29, 0.717) is 5.56 Å². The molecule has 3 rings (SSSR count). The van der Waals surface area contributed by atoms with E-state index in [4.69, 9.17) is 0 Å². The van der Waals surface area contributed by atoms with Gasteiger partial charge in [0.1, 0.15) is 0 Å². The van der Waals surface area contributed by atoms with Gasteiger partial charge in [0, 0.05) is 13.6 Å². The Morgan fingerprint density at radius 3 is 1.71 bits per heavy atom. The average Bonchev–Trinajstić information content (AvgIpc) is 2.69. The normalized spacial score (nSPS) is 11.5. The average molecular weight is 383 g/mol. The molecular formula is C23H20F3NO. The minimum Gasteiger partial charge on any atom is -0.341 e. The number of nitrogens with zero attached hydrogens (tertiary/aromatic N) is 1. The molecule has 0 heterocycles. The second-order valence-corrected chi connectivity index (χ2v) is 6.64. The molecule has 0 spiro atoms. The number of carbonyl (C=O) groups is 1. The van der Waals surface area contributed by atoms with Crippen molar-refractivity contribution in [1.82, 2.24) is 4.90 Å². The number of halogens is 3. The van der Waals surface area contributed by atoms with Crippen LogP contribution in [0.1, 0.15) is 28.2 Å². The number of hydrogen-bond acceptors (Lipinski definition) is 1. The highest BCUT2D eigenvalue weighted by molar-refractivity contribution is 5.87. The fraction of sp³-hybridized carbons (Fsp3) is 0.174. The van der Waals surface area contributed by atoms with Gasteiger partial charge >= 0.3 is 6.18 Å². The van der Waals surface area contributed by atoms with Crippen molar-refractivity contribution in [1.29, 1.82) is 0 Å². The van der Waals surface area contributed by atoms with Gasteiger partial charge in [0.15, 0.2) is 0 Å². The molecule has 0 saturated heterocycles. The summed E-state index contributed by atoms with van der Waals surface area (Å²) >= 11 is 0. The smallest absolute Gasteiger partial charge is 0.341 e. The molecule has 0 fully saturated rings. The Morgan fingerprint density at radius 1 is 0.821 bits per heavy atom. The maximum absolute atomic E-state index is 13.2. The van der Waals surface area contributed by atoms with E-state index >= 15 is 0 Å². The first-order chi connectivity index (χ1) is 13.4. The zero-order valence-electron chi connectivity index (χ0n) is 15.4. The molecule has 3 aromatic carbocycles. The van der Waals surface area contributed by atoms with E-state index in [1.54, 1.807) is 11.9 Å². The predicted molar refractivity (Wildman–Crippen MR) is 103 cm³/mol. The van der Waals surface area contributed by atoms with Crippen LogP contribution in [0.5, 0.6) is 0 Å². The molecule has 0 bridgehead atoms. The Kier molecular flexibility index (Phi) is 5.83. The summed E-state index contributed by atoms with van der Waals surface area (Å²) in [6, 6.07) is 23.8. The number of carbonyl (C=O) groups excluding carboxylic acids is 1. The maximum atomic E-state index is 13.2. The van der Waals surface area contributed by atoms with Crippen LogP contribution in [0.3, 0.4) is 0 Å². The van der Waals surface area contributed by atoms with Gasteiger partial charge in [-0.3, -0.25) is 4.79 Å². The van der Waals surface area contributed by atoms with Crippen LogP contribution in [0.4, 0.5) is 13.2 Å². The fourth-order valence-electron chi connectivity index (χ4n) is 3.14. The number of rotatable bonds is 5.